The highest BCUT2D eigenvalue weighted by molar-refractivity contribution is 5.97. The molecule has 4 rings (SSSR count). The van der Waals surface area contributed by atoms with Gasteiger partial charge in [-0.3, -0.25) is 4.79 Å². The normalized spacial score (nSPS) is 13.5. The molecule has 0 radical (unpaired) electrons. The zero-order valence-corrected chi connectivity index (χ0v) is 14.2. The Balaban J connectivity index is 1.52. The van der Waals surface area contributed by atoms with Gasteiger partial charge in [0, 0.05) is 10.9 Å². The predicted octanol–water partition coefficient (Wildman–Crippen LogP) is 1.98. The fraction of sp³-hybridized carbons (Fsp3) is 0.235. The highest BCUT2D eigenvalue weighted by atomic mass is 19.4. The van der Waals surface area contributed by atoms with Gasteiger partial charge >= 0.3 is 6.18 Å². The number of carbonyl (C=O) groups excluding carboxylic acids is 1. The lowest BCUT2D eigenvalue weighted by atomic mass is 10.1. The zero-order chi connectivity index (χ0) is 19.9. The van der Waals surface area contributed by atoms with Crippen LogP contribution in [0.5, 0.6) is 0 Å². The largest absolute Gasteiger partial charge is 0.435 e. The third-order valence-electron chi connectivity index (χ3n) is 4.29. The summed E-state index contributed by atoms with van der Waals surface area (Å²) in [7, 11) is 0. The maximum atomic E-state index is 12.5. The van der Waals surface area contributed by atoms with Gasteiger partial charge in [0.1, 0.15) is 11.5 Å². The van der Waals surface area contributed by atoms with Gasteiger partial charge in [0.2, 0.25) is 0 Å². The Bertz CT molecular complexity index is 1070. The Labute approximate surface area is 155 Å². The van der Waals surface area contributed by atoms with E-state index in [4.69, 9.17) is 10.5 Å². The molecule has 28 heavy (non-hydrogen) atoms. The van der Waals surface area contributed by atoms with E-state index in [2.05, 4.69) is 25.5 Å². The summed E-state index contributed by atoms with van der Waals surface area (Å²) in [6.07, 6.45) is -3.12. The summed E-state index contributed by atoms with van der Waals surface area (Å²) in [6.45, 7) is 0.635. The topological polar surface area (TPSA) is 116 Å². The van der Waals surface area contributed by atoms with E-state index in [1.165, 1.54) is 6.20 Å². The first-order valence-corrected chi connectivity index (χ1v) is 8.15. The molecule has 1 amide bonds. The van der Waals surface area contributed by atoms with Gasteiger partial charge in [-0.1, -0.05) is 0 Å². The van der Waals surface area contributed by atoms with Crippen molar-refractivity contribution in [3.63, 3.8) is 0 Å². The second-order valence-electron chi connectivity index (χ2n) is 6.12. The summed E-state index contributed by atoms with van der Waals surface area (Å²) < 4.78 is 42.9. The number of nitrogens with two attached hydrogens (primary N) is 1. The summed E-state index contributed by atoms with van der Waals surface area (Å²) in [4.78, 5) is 20.7. The van der Waals surface area contributed by atoms with Crippen LogP contribution in [0.4, 0.5) is 19.0 Å². The third-order valence-corrected chi connectivity index (χ3v) is 4.29. The van der Waals surface area contributed by atoms with E-state index < -0.39 is 17.8 Å². The molecular weight excluding hydrogens is 377 g/mol. The molecule has 0 unspecified atom stereocenters. The molecule has 0 fully saturated rings. The number of fused-ring (bicyclic) bond motifs is 3. The minimum absolute atomic E-state index is 0.0924. The molecule has 0 bridgehead atoms. The standard InChI is InChI=1S/C17H13F3N6O2/c18-17(19,20)14-2-1-8(25-26-14)4-23-16(27)12-3-9-10-6-28-7-11(10)15(21)24-13(9)5-22-12/h1-3,5H,4,6-7H2,(H2,21,24)(H,23,27). The quantitative estimate of drug-likeness (QED) is 0.702. The van der Waals surface area contributed by atoms with E-state index in [1.807, 2.05) is 0 Å². The Morgan fingerprint density at radius 3 is 2.71 bits per heavy atom. The van der Waals surface area contributed by atoms with Crippen molar-refractivity contribution in [2.24, 2.45) is 0 Å². The van der Waals surface area contributed by atoms with Gasteiger partial charge in [0.05, 0.1) is 37.2 Å². The van der Waals surface area contributed by atoms with Crippen LogP contribution in [-0.4, -0.2) is 26.1 Å². The molecule has 3 N–H and O–H groups in total. The molecule has 8 nitrogen and oxygen atoms in total. The second-order valence-corrected chi connectivity index (χ2v) is 6.12. The van der Waals surface area contributed by atoms with E-state index in [0.717, 1.165) is 28.6 Å². The molecule has 3 aromatic rings. The van der Waals surface area contributed by atoms with Crippen LogP contribution in [0, 0.1) is 0 Å². The van der Waals surface area contributed by atoms with E-state index in [0.29, 0.717) is 24.5 Å². The number of halogens is 3. The summed E-state index contributed by atoms with van der Waals surface area (Å²) in [5.41, 5.74) is 7.34. The Morgan fingerprint density at radius 1 is 1.21 bits per heavy atom. The number of nitrogen functional groups attached to an aromatic ring is 1. The van der Waals surface area contributed by atoms with E-state index in [1.54, 1.807) is 6.07 Å². The maximum Gasteiger partial charge on any atom is 0.435 e. The summed E-state index contributed by atoms with van der Waals surface area (Å²) >= 11 is 0. The smallest absolute Gasteiger partial charge is 0.383 e. The number of carbonyl (C=O) groups is 1. The number of nitrogens with zero attached hydrogens (tertiary/aromatic N) is 4. The van der Waals surface area contributed by atoms with E-state index in [-0.39, 0.29) is 17.9 Å². The first kappa shape index (κ1) is 18.0. The van der Waals surface area contributed by atoms with Crippen LogP contribution in [0.15, 0.2) is 24.4 Å². The van der Waals surface area contributed by atoms with Gasteiger partial charge in [-0.2, -0.15) is 18.3 Å². The first-order valence-electron chi connectivity index (χ1n) is 8.15. The van der Waals surface area contributed by atoms with Crippen molar-refractivity contribution in [3.8, 4) is 0 Å². The number of alkyl halides is 3. The molecule has 3 aromatic heterocycles. The Kier molecular flexibility index (Phi) is 4.30. The van der Waals surface area contributed by atoms with Gasteiger partial charge in [-0.15, -0.1) is 5.10 Å². The summed E-state index contributed by atoms with van der Waals surface area (Å²) in [6, 6.07) is 3.55. The summed E-state index contributed by atoms with van der Waals surface area (Å²) in [5.74, 6) is -0.132. The lowest BCUT2D eigenvalue weighted by Crippen LogP contribution is -2.24. The minimum atomic E-state index is -4.56. The number of nitrogens with one attached hydrogen (secondary N) is 1. The van der Waals surface area contributed by atoms with Crippen LogP contribution >= 0.6 is 0 Å². The Morgan fingerprint density at radius 2 is 2.00 bits per heavy atom. The molecule has 1 aliphatic heterocycles. The van der Waals surface area contributed by atoms with Crippen LogP contribution in [0.1, 0.15) is 33.0 Å². The number of anilines is 1. The Hall–Kier alpha value is -3.34. The van der Waals surface area contributed by atoms with Crippen molar-refractivity contribution >= 4 is 22.6 Å². The number of rotatable bonds is 3. The predicted molar refractivity (Wildman–Crippen MR) is 90.6 cm³/mol. The molecule has 0 spiro atoms. The lowest BCUT2D eigenvalue weighted by molar-refractivity contribution is -0.141. The van der Waals surface area contributed by atoms with Crippen LogP contribution in [0.3, 0.4) is 0 Å². The molecule has 1 aliphatic rings. The molecule has 0 atom stereocenters. The minimum Gasteiger partial charge on any atom is -0.383 e. The molecule has 0 aliphatic carbocycles. The zero-order valence-electron chi connectivity index (χ0n) is 14.2. The molecule has 0 saturated carbocycles. The van der Waals surface area contributed by atoms with Gasteiger partial charge < -0.3 is 15.8 Å². The highest BCUT2D eigenvalue weighted by Gasteiger charge is 2.32. The van der Waals surface area contributed by atoms with E-state index >= 15 is 0 Å². The van der Waals surface area contributed by atoms with Gasteiger partial charge in [0.25, 0.3) is 5.91 Å². The maximum absolute atomic E-state index is 12.5. The molecule has 0 aromatic carbocycles. The second kappa shape index (κ2) is 6.68. The van der Waals surface area contributed by atoms with Crippen molar-refractivity contribution in [2.45, 2.75) is 25.9 Å². The van der Waals surface area contributed by atoms with Crippen molar-refractivity contribution < 1.29 is 22.7 Å². The number of ether oxygens (including phenoxy) is 1. The molecule has 0 saturated heterocycles. The number of aromatic nitrogens is 4. The molecular formula is C17H13F3N6O2. The first-order chi connectivity index (χ1) is 13.3. The van der Waals surface area contributed by atoms with Crippen LogP contribution in [0.25, 0.3) is 10.9 Å². The van der Waals surface area contributed by atoms with Crippen molar-refractivity contribution in [1.29, 1.82) is 0 Å². The third kappa shape index (κ3) is 3.31. The average molecular weight is 390 g/mol. The molecule has 11 heteroatoms. The fourth-order valence-corrected chi connectivity index (χ4v) is 2.87. The van der Waals surface area contributed by atoms with Gasteiger partial charge in [-0.05, 0) is 23.8 Å². The summed E-state index contributed by atoms with van der Waals surface area (Å²) in [5, 5.41) is 9.86. The van der Waals surface area contributed by atoms with Crippen molar-refractivity contribution in [3.05, 3.63) is 52.6 Å². The van der Waals surface area contributed by atoms with Crippen LogP contribution in [0.2, 0.25) is 0 Å². The number of hydrogen-bond donors (Lipinski definition) is 2. The van der Waals surface area contributed by atoms with E-state index in [9.17, 15) is 18.0 Å². The number of hydrogen-bond acceptors (Lipinski definition) is 7. The van der Waals surface area contributed by atoms with Crippen molar-refractivity contribution in [1.82, 2.24) is 25.5 Å². The van der Waals surface area contributed by atoms with Crippen molar-refractivity contribution in [2.75, 3.05) is 5.73 Å². The fourth-order valence-electron chi connectivity index (χ4n) is 2.87. The highest BCUT2D eigenvalue weighted by Crippen LogP contribution is 2.31. The monoisotopic (exact) mass is 390 g/mol. The van der Waals surface area contributed by atoms with Gasteiger partial charge in [-0.25, -0.2) is 9.97 Å². The van der Waals surface area contributed by atoms with Crippen LogP contribution in [-0.2, 0) is 30.7 Å². The number of pyridine rings is 2. The molecule has 4 heterocycles. The van der Waals surface area contributed by atoms with Gasteiger partial charge in [0.15, 0.2) is 5.69 Å². The lowest BCUT2D eigenvalue weighted by Gasteiger charge is -2.09. The average Bonchev–Trinajstić information content (AvgIpc) is 3.16. The molecule has 144 valence electrons. The number of amides is 1. The van der Waals surface area contributed by atoms with Crippen LogP contribution < -0.4 is 11.1 Å². The SMILES string of the molecule is Nc1nc2cnc(C(=O)NCc3ccc(C(F)(F)F)nn3)cc2c2c1COC2.